The molecule has 0 atom stereocenters. The molecule has 0 aliphatic rings. The topological polar surface area (TPSA) is 63.8 Å². The molecule has 1 heterocycles. The third kappa shape index (κ3) is 3.41. The molecule has 0 radical (unpaired) electrons. The number of nitrogens with one attached hydrogen (secondary N) is 1. The fourth-order valence-corrected chi connectivity index (χ4v) is 1.46. The molecule has 3 N–H and O–H groups in total. The van der Waals surface area contributed by atoms with E-state index in [1.165, 1.54) is 18.5 Å². The van der Waals surface area contributed by atoms with Gasteiger partial charge >= 0.3 is 0 Å². The number of nitrogens with two attached hydrogens (primary N) is 1. The zero-order chi connectivity index (χ0) is 12.1. The summed E-state index contributed by atoms with van der Waals surface area (Å²) in [6.45, 7) is 0.710. The van der Waals surface area contributed by atoms with Crippen LogP contribution in [0.5, 0.6) is 0 Å². The maximum absolute atomic E-state index is 12.7. The van der Waals surface area contributed by atoms with Crippen LogP contribution < -0.4 is 11.1 Å². The van der Waals surface area contributed by atoms with Crippen LogP contribution in [0.25, 0.3) is 0 Å². The lowest BCUT2D eigenvalue weighted by molar-refractivity contribution is 0.627. The molecule has 0 aliphatic heterocycles. The SMILES string of the molecule is Nc1cc(NCCc2ccc(F)cc2)ncn1. The van der Waals surface area contributed by atoms with Crippen LogP contribution in [0.15, 0.2) is 36.7 Å². The Morgan fingerprint density at radius 3 is 2.65 bits per heavy atom. The smallest absolute Gasteiger partial charge is 0.131 e. The van der Waals surface area contributed by atoms with Crippen molar-refractivity contribution in [3.05, 3.63) is 48.0 Å². The number of rotatable bonds is 4. The summed E-state index contributed by atoms with van der Waals surface area (Å²) >= 11 is 0. The number of aromatic nitrogens is 2. The Balaban J connectivity index is 1.85. The van der Waals surface area contributed by atoms with E-state index in [9.17, 15) is 4.39 Å². The van der Waals surface area contributed by atoms with Gasteiger partial charge in [0.05, 0.1) is 0 Å². The quantitative estimate of drug-likeness (QED) is 0.844. The molecular weight excluding hydrogens is 219 g/mol. The number of halogens is 1. The molecule has 4 nitrogen and oxygen atoms in total. The monoisotopic (exact) mass is 232 g/mol. The average molecular weight is 232 g/mol. The van der Waals surface area contributed by atoms with E-state index < -0.39 is 0 Å². The lowest BCUT2D eigenvalue weighted by Gasteiger charge is -2.05. The van der Waals surface area contributed by atoms with E-state index in [1.54, 1.807) is 18.2 Å². The van der Waals surface area contributed by atoms with Gasteiger partial charge in [-0.1, -0.05) is 12.1 Å². The van der Waals surface area contributed by atoms with Crippen LogP contribution in [0.2, 0.25) is 0 Å². The standard InChI is InChI=1S/C12H13FN4/c13-10-3-1-9(2-4-10)5-6-15-12-7-11(14)16-8-17-12/h1-4,7-8H,5-6H2,(H3,14,15,16,17). The first-order chi connectivity index (χ1) is 8.24. The summed E-state index contributed by atoms with van der Waals surface area (Å²) in [4.78, 5) is 7.82. The summed E-state index contributed by atoms with van der Waals surface area (Å²) in [5, 5.41) is 3.12. The molecule has 1 aromatic carbocycles. The molecular formula is C12H13FN4. The zero-order valence-electron chi connectivity index (χ0n) is 9.23. The largest absolute Gasteiger partial charge is 0.384 e. The Bertz CT molecular complexity index is 484. The van der Waals surface area contributed by atoms with Gasteiger partial charge in [0.2, 0.25) is 0 Å². The molecule has 0 saturated heterocycles. The van der Waals surface area contributed by atoms with Gasteiger partial charge < -0.3 is 11.1 Å². The second-order valence-electron chi connectivity index (χ2n) is 3.63. The van der Waals surface area contributed by atoms with E-state index in [2.05, 4.69) is 15.3 Å². The maximum atomic E-state index is 12.7. The first kappa shape index (κ1) is 11.3. The van der Waals surface area contributed by atoms with Gasteiger partial charge in [-0.15, -0.1) is 0 Å². The van der Waals surface area contributed by atoms with Crippen molar-refractivity contribution < 1.29 is 4.39 Å². The molecule has 0 spiro atoms. The number of hydrogen-bond acceptors (Lipinski definition) is 4. The van der Waals surface area contributed by atoms with Crippen molar-refractivity contribution in [1.29, 1.82) is 0 Å². The number of nitrogen functional groups attached to an aromatic ring is 1. The van der Waals surface area contributed by atoms with Gasteiger partial charge in [0.15, 0.2) is 0 Å². The highest BCUT2D eigenvalue weighted by atomic mass is 19.1. The third-order valence-electron chi connectivity index (χ3n) is 2.32. The summed E-state index contributed by atoms with van der Waals surface area (Å²) in [5.74, 6) is 0.911. The Morgan fingerprint density at radius 1 is 1.18 bits per heavy atom. The lowest BCUT2D eigenvalue weighted by Crippen LogP contribution is -2.07. The predicted octanol–water partition coefficient (Wildman–Crippen LogP) is 1.85. The first-order valence-electron chi connectivity index (χ1n) is 5.30. The van der Waals surface area contributed by atoms with Crippen LogP contribution in [-0.2, 0) is 6.42 Å². The Labute approximate surface area is 98.7 Å². The minimum absolute atomic E-state index is 0.217. The predicted molar refractivity (Wildman–Crippen MR) is 65.0 cm³/mol. The molecule has 0 fully saturated rings. The molecule has 2 rings (SSSR count). The lowest BCUT2D eigenvalue weighted by atomic mass is 10.1. The zero-order valence-corrected chi connectivity index (χ0v) is 9.23. The summed E-state index contributed by atoms with van der Waals surface area (Å²) < 4.78 is 12.7. The fourth-order valence-electron chi connectivity index (χ4n) is 1.46. The molecule has 0 aliphatic carbocycles. The van der Waals surface area contributed by atoms with Gasteiger partial charge in [-0.2, -0.15) is 0 Å². The molecule has 1 aromatic heterocycles. The van der Waals surface area contributed by atoms with E-state index in [0.29, 0.717) is 18.2 Å². The average Bonchev–Trinajstić information content (AvgIpc) is 2.32. The van der Waals surface area contributed by atoms with Crippen LogP contribution in [-0.4, -0.2) is 16.5 Å². The molecule has 2 aromatic rings. The fraction of sp³-hybridized carbons (Fsp3) is 0.167. The van der Waals surface area contributed by atoms with Crippen LogP contribution in [0, 0.1) is 5.82 Å². The Hall–Kier alpha value is -2.17. The van der Waals surface area contributed by atoms with E-state index in [0.717, 1.165) is 12.0 Å². The van der Waals surface area contributed by atoms with Gasteiger partial charge in [0, 0.05) is 12.6 Å². The van der Waals surface area contributed by atoms with Gasteiger partial charge in [0.25, 0.3) is 0 Å². The molecule has 0 amide bonds. The van der Waals surface area contributed by atoms with Crippen molar-refractivity contribution in [3.63, 3.8) is 0 Å². The third-order valence-corrected chi connectivity index (χ3v) is 2.32. The van der Waals surface area contributed by atoms with E-state index in [-0.39, 0.29) is 5.82 Å². The van der Waals surface area contributed by atoms with Gasteiger partial charge in [-0.3, -0.25) is 0 Å². The van der Waals surface area contributed by atoms with Crippen molar-refractivity contribution >= 4 is 11.6 Å². The Morgan fingerprint density at radius 2 is 1.94 bits per heavy atom. The van der Waals surface area contributed by atoms with E-state index in [4.69, 9.17) is 5.73 Å². The molecule has 0 saturated carbocycles. The summed E-state index contributed by atoms with van der Waals surface area (Å²) in [6.07, 6.45) is 2.21. The van der Waals surface area contributed by atoms with Crippen LogP contribution in [0.1, 0.15) is 5.56 Å². The highest BCUT2D eigenvalue weighted by molar-refractivity contribution is 5.43. The molecule has 17 heavy (non-hydrogen) atoms. The van der Waals surface area contributed by atoms with E-state index in [1.807, 2.05) is 0 Å². The number of anilines is 2. The number of hydrogen-bond donors (Lipinski definition) is 2. The minimum atomic E-state index is -0.217. The van der Waals surface area contributed by atoms with Crippen molar-refractivity contribution in [3.8, 4) is 0 Å². The second kappa shape index (κ2) is 5.25. The Kier molecular flexibility index (Phi) is 3.49. The molecule has 0 unspecified atom stereocenters. The van der Waals surface area contributed by atoms with Gasteiger partial charge in [-0.05, 0) is 24.1 Å². The van der Waals surface area contributed by atoms with Crippen LogP contribution >= 0.6 is 0 Å². The van der Waals surface area contributed by atoms with Crippen molar-refractivity contribution in [1.82, 2.24) is 9.97 Å². The summed E-state index contributed by atoms with van der Waals surface area (Å²) in [7, 11) is 0. The maximum Gasteiger partial charge on any atom is 0.131 e. The van der Waals surface area contributed by atoms with Crippen molar-refractivity contribution in [2.75, 3.05) is 17.6 Å². The van der Waals surface area contributed by atoms with Crippen molar-refractivity contribution in [2.24, 2.45) is 0 Å². The minimum Gasteiger partial charge on any atom is -0.384 e. The number of benzene rings is 1. The normalized spacial score (nSPS) is 10.2. The highest BCUT2D eigenvalue weighted by Crippen LogP contribution is 2.06. The number of nitrogens with zero attached hydrogens (tertiary/aromatic N) is 2. The van der Waals surface area contributed by atoms with Gasteiger partial charge in [0.1, 0.15) is 23.8 Å². The van der Waals surface area contributed by atoms with Crippen molar-refractivity contribution in [2.45, 2.75) is 6.42 Å². The molecule has 0 bridgehead atoms. The molecule has 88 valence electrons. The molecule has 5 heteroatoms. The van der Waals surface area contributed by atoms with E-state index >= 15 is 0 Å². The van der Waals surface area contributed by atoms with Gasteiger partial charge in [-0.25, -0.2) is 14.4 Å². The van der Waals surface area contributed by atoms with Crippen LogP contribution in [0.3, 0.4) is 0 Å². The first-order valence-corrected chi connectivity index (χ1v) is 5.30. The van der Waals surface area contributed by atoms with Crippen LogP contribution in [0.4, 0.5) is 16.0 Å². The summed E-state index contributed by atoms with van der Waals surface area (Å²) in [5.41, 5.74) is 6.60. The highest BCUT2D eigenvalue weighted by Gasteiger charge is 1.96. The summed E-state index contributed by atoms with van der Waals surface area (Å²) in [6, 6.07) is 8.12. The second-order valence-corrected chi connectivity index (χ2v) is 3.63.